The number of nitrogens with two attached hydrogens (primary N) is 1. The Hall–Kier alpha value is -0.860. The van der Waals surface area contributed by atoms with Crippen LogP contribution in [0.25, 0.3) is 0 Å². The number of aryl methyl sites for hydroxylation is 1. The fourth-order valence-corrected chi connectivity index (χ4v) is 1.71. The lowest BCUT2D eigenvalue weighted by Crippen LogP contribution is -2.23. The van der Waals surface area contributed by atoms with Crippen LogP contribution in [-0.2, 0) is 6.42 Å². The average molecular weight is 220 g/mol. The van der Waals surface area contributed by atoms with Gasteiger partial charge in [0.1, 0.15) is 0 Å². The molecular weight excluding hydrogens is 196 g/mol. The second-order valence-electron chi connectivity index (χ2n) is 4.53. The molecule has 0 aromatic heterocycles. The number of likely N-dealkylation sites (N-methyl/N-ethyl adjacent to an activating group) is 1. The summed E-state index contributed by atoms with van der Waals surface area (Å²) in [5.74, 6) is 0. The van der Waals surface area contributed by atoms with Crippen LogP contribution < -0.4 is 5.73 Å². The second-order valence-corrected chi connectivity index (χ2v) is 4.53. The largest absolute Gasteiger partial charge is 0.330 e. The van der Waals surface area contributed by atoms with Gasteiger partial charge in [0.25, 0.3) is 0 Å². The maximum atomic E-state index is 5.48. The van der Waals surface area contributed by atoms with Crippen molar-refractivity contribution in [2.75, 3.05) is 26.7 Å². The van der Waals surface area contributed by atoms with E-state index in [1.54, 1.807) is 0 Å². The molecule has 0 aliphatic rings. The highest BCUT2D eigenvalue weighted by Crippen LogP contribution is 2.04. The fraction of sp³-hybridized carbons (Fsp3) is 0.571. The Morgan fingerprint density at radius 2 is 1.75 bits per heavy atom. The first-order chi connectivity index (χ1) is 7.72. The van der Waals surface area contributed by atoms with Gasteiger partial charge in [-0.15, -0.1) is 0 Å². The van der Waals surface area contributed by atoms with Crippen molar-refractivity contribution < 1.29 is 0 Å². The Morgan fingerprint density at radius 3 is 2.38 bits per heavy atom. The Bertz CT molecular complexity index is 279. The SMILES string of the molecule is Cc1ccc(CCN(C)CCCCN)cc1. The van der Waals surface area contributed by atoms with Gasteiger partial charge in [0, 0.05) is 6.54 Å². The summed E-state index contributed by atoms with van der Waals surface area (Å²) >= 11 is 0. The van der Waals surface area contributed by atoms with Crippen LogP contribution in [0.1, 0.15) is 24.0 Å². The van der Waals surface area contributed by atoms with Gasteiger partial charge in [-0.1, -0.05) is 29.8 Å². The van der Waals surface area contributed by atoms with E-state index in [0.717, 1.165) is 32.5 Å². The molecule has 1 aromatic carbocycles. The van der Waals surface area contributed by atoms with Crippen molar-refractivity contribution in [1.82, 2.24) is 4.90 Å². The van der Waals surface area contributed by atoms with E-state index in [1.807, 2.05) is 0 Å². The molecule has 1 aromatic rings. The molecule has 2 heteroatoms. The molecule has 0 spiro atoms. The van der Waals surface area contributed by atoms with Crippen molar-refractivity contribution in [3.05, 3.63) is 35.4 Å². The zero-order chi connectivity index (χ0) is 11.8. The van der Waals surface area contributed by atoms with Gasteiger partial charge < -0.3 is 10.6 Å². The normalized spacial score (nSPS) is 11.0. The number of nitrogens with zero attached hydrogens (tertiary/aromatic N) is 1. The number of rotatable bonds is 7. The van der Waals surface area contributed by atoms with Crippen LogP contribution >= 0.6 is 0 Å². The molecule has 2 N–H and O–H groups in total. The lowest BCUT2D eigenvalue weighted by molar-refractivity contribution is 0.331. The van der Waals surface area contributed by atoms with Crippen LogP contribution in [0.5, 0.6) is 0 Å². The maximum absolute atomic E-state index is 5.48. The van der Waals surface area contributed by atoms with Gasteiger partial charge in [-0.25, -0.2) is 0 Å². The Labute approximate surface area is 99.5 Å². The monoisotopic (exact) mass is 220 g/mol. The van der Waals surface area contributed by atoms with Gasteiger partial charge in [-0.3, -0.25) is 0 Å². The van der Waals surface area contributed by atoms with E-state index in [1.165, 1.54) is 17.5 Å². The third kappa shape index (κ3) is 5.29. The van der Waals surface area contributed by atoms with Crippen molar-refractivity contribution in [2.24, 2.45) is 5.73 Å². The maximum Gasteiger partial charge on any atom is 0.00188 e. The molecule has 0 saturated heterocycles. The molecule has 0 fully saturated rings. The number of hydrogen-bond donors (Lipinski definition) is 1. The molecule has 0 bridgehead atoms. The molecule has 0 saturated carbocycles. The van der Waals surface area contributed by atoms with Gasteiger partial charge in [0.05, 0.1) is 0 Å². The average Bonchev–Trinajstić information content (AvgIpc) is 2.29. The topological polar surface area (TPSA) is 29.3 Å². The summed E-state index contributed by atoms with van der Waals surface area (Å²) in [6.07, 6.45) is 3.48. The van der Waals surface area contributed by atoms with E-state index in [2.05, 4.69) is 43.1 Å². The van der Waals surface area contributed by atoms with E-state index in [-0.39, 0.29) is 0 Å². The first-order valence-electron chi connectivity index (χ1n) is 6.16. The third-order valence-corrected chi connectivity index (χ3v) is 2.90. The molecular formula is C14H24N2. The quantitative estimate of drug-likeness (QED) is 0.714. The lowest BCUT2D eigenvalue weighted by atomic mass is 10.1. The van der Waals surface area contributed by atoms with Crippen molar-refractivity contribution >= 4 is 0 Å². The Kier molecular flexibility index (Phi) is 6.12. The summed E-state index contributed by atoms with van der Waals surface area (Å²) in [6.45, 7) is 5.23. The molecule has 0 heterocycles. The lowest BCUT2D eigenvalue weighted by Gasteiger charge is -2.16. The molecule has 1 rings (SSSR count). The molecule has 0 radical (unpaired) electrons. The van der Waals surface area contributed by atoms with Crippen LogP contribution in [0, 0.1) is 6.92 Å². The highest BCUT2D eigenvalue weighted by Gasteiger charge is 1.99. The van der Waals surface area contributed by atoms with Crippen molar-refractivity contribution in [1.29, 1.82) is 0 Å². The fourth-order valence-electron chi connectivity index (χ4n) is 1.71. The van der Waals surface area contributed by atoms with E-state index >= 15 is 0 Å². The Morgan fingerprint density at radius 1 is 1.06 bits per heavy atom. The standard InChI is InChI=1S/C14H24N2/c1-13-5-7-14(8-6-13)9-12-16(2)11-4-3-10-15/h5-8H,3-4,9-12,15H2,1-2H3. The van der Waals surface area contributed by atoms with Crippen molar-refractivity contribution in [3.63, 3.8) is 0 Å². The minimum Gasteiger partial charge on any atom is -0.330 e. The van der Waals surface area contributed by atoms with E-state index < -0.39 is 0 Å². The van der Waals surface area contributed by atoms with Crippen LogP contribution in [0.3, 0.4) is 0 Å². The van der Waals surface area contributed by atoms with Crippen LogP contribution in [-0.4, -0.2) is 31.6 Å². The third-order valence-electron chi connectivity index (χ3n) is 2.90. The summed E-state index contributed by atoms with van der Waals surface area (Å²) in [5.41, 5.74) is 8.24. The number of hydrogen-bond acceptors (Lipinski definition) is 2. The number of unbranched alkanes of at least 4 members (excludes halogenated alkanes) is 1. The minimum atomic E-state index is 0.811. The zero-order valence-electron chi connectivity index (χ0n) is 10.6. The van der Waals surface area contributed by atoms with Crippen LogP contribution in [0.15, 0.2) is 24.3 Å². The summed E-state index contributed by atoms with van der Waals surface area (Å²) < 4.78 is 0. The molecule has 90 valence electrons. The summed E-state index contributed by atoms with van der Waals surface area (Å²) in [6, 6.07) is 8.82. The van der Waals surface area contributed by atoms with Gasteiger partial charge in [0.2, 0.25) is 0 Å². The predicted molar refractivity (Wildman–Crippen MR) is 70.7 cm³/mol. The van der Waals surface area contributed by atoms with Gasteiger partial charge in [-0.05, 0) is 51.9 Å². The predicted octanol–water partition coefficient (Wildman–Crippen LogP) is 2.21. The minimum absolute atomic E-state index is 0.811. The van der Waals surface area contributed by atoms with Crippen molar-refractivity contribution in [2.45, 2.75) is 26.2 Å². The molecule has 2 nitrogen and oxygen atoms in total. The van der Waals surface area contributed by atoms with Crippen LogP contribution in [0.2, 0.25) is 0 Å². The first kappa shape index (κ1) is 13.2. The molecule has 0 aliphatic heterocycles. The van der Waals surface area contributed by atoms with E-state index in [0.29, 0.717) is 0 Å². The smallest absolute Gasteiger partial charge is 0.00188 e. The molecule has 0 aliphatic carbocycles. The summed E-state index contributed by atoms with van der Waals surface area (Å²) in [4.78, 5) is 2.38. The molecule has 0 unspecified atom stereocenters. The highest BCUT2D eigenvalue weighted by molar-refractivity contribution is 5.21. The van der Waals surface area contributed by atoms with Gasteiger partial charge in [-0.2, -0.15) is 0 Å². The first-order valence-corrected chi connectivity index (χ1v) is 6.16. The Balaban J connectivity index is 2.20. The highest BCUT2D eigenvalue weighted by atomic mass is 15.1. The van der Waals surface area contributed by atoms with E-state index in [4.69, 9.17) is 5.73 Å². The molecule has 0 amide bonds. The van der Waals surface area contributed by atoms with Gasteiger partial charge >= 0.3 is 0 Å². The van der Waals surface area contributed by atoms with E-state index in [9.17, 15) is 0 Å². The molecule has 16 heavy (non-hydrogen) atoms. The number of benzene rings is 1. The van der Waals surface area contributed by atoms with Crippen molar-refractivity contribution in [3.8, 4) is 0 Å². The summed E-state index contributed by atoms with van der Waals surface area (Å²) in [7, 11) is 2.19. The van der Waals surface area contributed by atoms with Crippen LogP contribution in [0.4, 0.5) is 0 Å². The second kappa shape index (κ2) is 7.42. The van der Waals surface area contributed by atoms with Gasteiger partial charge in [0.15, 0.2) is 0 Å². The summed E-state index contributed by atoms with van der Waals surface area (Å²) in [5, 5.41) is 0. The molecule has 0 atom stereocenters. The zero-order valence-corrected chi connectivity index (χ0v) is 10.6.